The first-order valence-corrected chi connectivity index (χ1v) is 29.7. The summed E-state index contributed by atoms with van der Waals surface area (Å²) in [7, 11) is -4.76. The van der Waals surface area contributed by atoms with Crippen molar-refractivity contribution in [3.05, 3.63) is 0 Å². The second kappa shape index (κ2) is 52.1. The van der Waals surface area contributed by atoms with Crippen LogP contribution in [0, 0.1) is 11.8 Å². The molecule has 0 spiro atoms. The molecule has 0 aliphatic rings. The summed E-state index contributed by atoms with van der Waals surface area (Å²) >= 11 is 0. The molecule has 0 aromatic rings. The van der Waals surface area contributed by atoms with Gasteiger partial charge in [-0.15, -0.1) is 0 Å². The predicted molar refractivity (Wildman–Crippen MR) is 287 cm³/mol. The van der Waals surface area contributed by atoms with Crippen molar-refractivity contribution in [1.29, 1.82) is 0 Å². The van der Waals surface area contributed by atoms with Crippen LogP contribution in [0.15, 0.2) is 0 Å². The maximum atomic E-state index is 12.5. The molecule has 0 aromatic carbocycles. The average Bonchev–Trinajstić information content (AvgIpc) is 3.32. The first kappa shape index (κ1) is 72.5. The predicted octanol–water partition coefficient (Wildman–Crippen LogP) is 13.6. The van der Waals surface area contributed by atoms with E-state index in [9.17, 15) is 36.9 Å². The van der Waals surface area contributed by atoms with Gasteiger partial charge in [0.1, 0.15) is 6.04 Å². The van der Waals surface area contributed by atoms with E-state index in [1.165, 1.54) is 122 Å². The Balaban J connectivity index is -0.00000135. The quantitative estimate of drug-likeness (QED) is 0.0171. The van der Waals surface area contributed by atoms with E-state index in [-0.39, 0.29) is 73.4 Å². The third kappa shape index (κ3) is 47.3. The number of esters is 3. The molecule has 0 fully saturated rings. The summed E-state index contributed by atoms with van der Waals surface area (Å²) in [6.45, 7) is 13.2. The van der Waals surface area contributed by atoms with Crippen molar-refractivity contribution in [3.63, 3.8) is 0 Å². The summed E-state index contributed by atoms with van der Waals surface area (Å²) in [5.74, 6) is -3.28. The third-order valence-corrected chi connectivity index (χ3v) is 14.1. The van der Waals surface area contributed by atoms with Crippen molar-refractivity contribution in [3.8, 4) is 0 Å². The molecule has 0 heterocycles. The van der Waals surface area contributed by atoms with Crippen LogP contribution in [-0.2, 0) is 48.3 Å². The second-order valence-electron chi connectivity index (χ2n) is 19.5. The van der Waals surface area contributed by atoms with Gasteiger partial charge in [-0.25, -0.2) is 4.79 Å². The number of amides is 1. The number of rotatable bonds is 48. The summed E-state index contributed by atoms with van der Waals surface area (Å²) in [4.78, 5) is 60.2. The van der Waals surface area contributed by atoms with Crippen LogP contribution < -0.4 is 5.32 Å². The molecule has 1 amide bonds. The molecule has 0 aliphatic carbocycles. The van der Waals surface area contributed by atoms with Gasteiger partial charge in [0, 0.05) is 12.8 Å². The van der Waals surface area contributed by atoms with Crippen LogP contribution in [-0.4, -0.2) is 109 Å². The molecular weight excluding hydrogens is 922 g/mol. The molecule has 410 valence electrons. The van der Waals surface area contributed by atoms with Crippen LogP contribution in [0.5, 0.6) is 0 Å². The zero-order chi connectivity index (χ0) is 51.8. The van der Waals surface area contributed by atoms with Gasteiger partial charge in [0.05, 0.1) is 26.2 Å². The molecule has 15 heteroatoms. The molecule has 70 heavy (non-hydrogen) atoms. The molecule has 4 unspecified atom stereocenters. The van der Waals surface area contributed by atoms with E-state index in [4.69, 9.17) is 19.3 Å². The molecule has 0 radical (unpaired) electrons. The fourth-order valence-electron chi connectivity index (χ4n) is 8.12. The van der Waals surface area contributed by atoms with Crippen molar-refractivity contribution >= 4 is 69.5 Å². The van der Waals surface area contributed by atoms with Gasteiger partial charge in [-0.2, -0.15) is 8.42 Å². The van der Waals surface area contributed by atoms with Crippen molar-refractivity contribution in [2.45, 2.75) is 290 Å². The third-order valence-electron chi connectivity index (χ3n) is 13.0. The number of unbranched alkanes of at least 4 members (excludes halogenated alkanes) is 25. The first-order chi connectivity index (χ1) is 33.2. The molecule has 0 rings (SSSR count). The van der Waals surface area contributed by atoms with Gasteiger partial charge in [-0.3, -0.25) is 23.7 Å². The number of carbonyl (C=O) groups excluding carboxylic acids is 4. The topological polar surface area (TPSA) is 200 Å². The molecule has 4 atom stereocenters. The van der Waals surface area contributed by atoms with Crippen molar-refractivity contribution in [1.82, 2.24) is 5.32 Å². The molecule has 0 aliphatic heterocycles. The van der Waals surface area contributed by atoms with Crippen LogP contribution in [0.25, 0.3) is 0 Å². The number of aliphatic carboxylic acids is 1. The fourth-order valence-corrected chi connectivity index (χ4v) is 8.78. The van der Waals surface area contributed by atoms with Gasteiger partial charge in [0.25, 0.3) is 10.1 Å². The van der Waals surface area contributed by atoms with E-state index in [0.717, 1.165) is 89.9 Å². The Morgan fingerprint density at radius 1 is 0.471 bits per heavy atom. The van der Waals surface area contributed by atoms with Crippen molar-refractivity contribution < 1.29 is 56.3 Å². The van der Waals surface area contributed by atoms with Gasteiger partial charge in [0.15, 0.2) is 5.25 Å². The molecular formula is C55H106NNaO12S. The number of hydrogen-bond acceptors (Lipinski definition) is 10. The Labute approximate surface area is 450 Å². The van der Waals surface area contributed by atoms with Gasteiger partial charge in [0.2, 0.25) is 5.91 Å². The number of ether oxygens (including phenoxy) is 3. The Kier molecular flexibility index (Phi) is 54.0. The summed E-state index contributed by atoms with van der Waals surface area (Å²) in [5.41, 5.74) is 0. The van der Waals surface area contributed by atoms with Gasteiger partial charge >= 0.3 is 53.4 Å². The van der Waals surface area contributed by atoms with Crippen LogP contribution in [0.3, 0.4) is 0 Å². The molecule has 0 saturated heterocycles. The molecule has 0 aromatic heterocycles. The minimum atomic E-state index is -4.76. The number of carbonyl (C=O) groups is 5. The number of carboxylic acids is 1. The van der Waals surface area contributed by atoms with Crippen LogP contribution >= 0.6 is 0 Å². The molecule has 3 N–H and O–H groups in total. The van der Waals surface area contributed by atoms with Crippen LogP contribution in [0.2, 0.25) is 0 Å². The number of nitrogens with one attached hydrogen (secondary N) is 1. The van der Waals surface area contributed by atoms with Gasteiger partial charge in [-0.05, 0) is 43.9 Å². The van der Waals surface area contributed by atoms with E-state index in [1.807, 2.05) is 13.8 Å². The summed E-state index contributed by atoms with van der Waals surface area (Å²) in [6, 6.07) is -0.877. The standard InChI is InChI=1S/C35H67NO5.C20H38O7S.Na.H/c1-3-5-7-9-11-13-15-16-17-18-19-20-22-24-26-28-33(37)36-32(29-30-34(38)39)35(40)41-31-27-25-23-21-14-12-10-8-6-4-2;1-5-9-11-16(7-3)14-26-19(21)13-18(28(23,24)25)20(22)27-15-17(8-4)12-10-6-2;;/h32H,3-31H2,1-2H3,(H,36,37)(H,38,39);16-18H,5-15H2,1-4H3,(H,23,24,25);;. The zero-order valence-electron chi connectivity index (χ0n) is 45.0. The summed E-state index contributed by atoms with van der Waals surface area (Å²) < 4.78 is 48.2. The number of hydrogen-bond donors (Lipinski definition) is 3. The Hall–Kier alpha value is -1.74. The SMILES string of the molecule is CCCCC(CC)COC(=O)CC(C(=O)OCC(CC)CCCC)S(=O)(=O)O.CCCCCCCCCCCCCCCCCC(=O)NC(CCC(=O)O)C(=O)OCCCCCCCCCCCC.[NaH]. The van der Waals surface area contributed by atoms with Gasteiger partial charge in [-0.1, -0.05) is 228 Å². The molecule has 0 bridgehead atoms. The van der Waals surface area contributed by atoms with E-state index in [2.05, 4.69) is 33.0 Å². The fraction of sp³-hybridized carbons (Fsp3) is 0.909. The van der Waals surface area contributed by atoms with Gasteiger partial charge < -0.3 is 24.6 Å². The monoisotopic (exact) mass is 1030 g/mol. The second-order valence-corrected chi connectivity index (χ2v) is 21.1. The minimum absolute atomic E-state index is 0. The Bertz CT molecular complexity index is 1370. The molecule has 13 nitrogen and oxygen atoms in total. The summed E-state index contributed by atoms with van der Waals surface area (Å²) in [5, 5.41) is 9.83. The normalized spacial score (nSPS) is 12.9. The maximum absolute atomic E-state index is 12.5. The molecule has 0 saturated carbocycles. The Morgan fingerprint density at radius 2 is 0.857 bits per heavy atom. The van der Waals surface area contributed by atoms with E-state index in [1.54, 1.807) is 0 Å². The average molecular weight is 1030 g/mol. The van der Waals surface area contributed by atoms with Crippen LogP contribution in [0.1, 0.15) is 279 Å². The Morgan fingerprint density at radius 3 is 1.24 bits per heavy atom. The first-order valence-electron chi connectivity index (χ1n) is 28.2. The number of carboxylic acid groups (broad SMARTS) is 1. The van der Waals surface area contributed by atoms with Crippen molar-refractivity contribution in [2.24, 2.45) is 11.8 Å². The van der Waals surface area contributed by atoms with E-state index < -0.39 is 51.7 Å². The van der Waals surface area contributed by atoms with Crippen LogP contribution in [0.4, 0.5) is 0 Å². The summed E-state index contributed by atoms with van der Waals surface area (Å²) in [6.07, 6.45) is 38.1. The zero-order valence-corrected chi connectivity index (χ0v) is 45.8. The van der Waals surface area contributed by atoms with E-state index in [0.29, 0.717) is 13.0 Å². The van der Waals surface area contributed by atoms with Crippen molar-refractivity contribution in [2.75, 3.05) is 19.8 Å². The van der Waals surface area contributed by atoms with E-state index >= 15 is 0 Å².